The van der Waals surface area contributed by atoms with Crippen molar-refractivity contribution in [3.63, 3.8) is 0 Å². The van der Waals surface area contributed by atoms with E-state index in [1.165, 1.54) is 17.8 Å². The van der Waals surface area contributed by atoms with Gasteiger partial charge in [-0.3, -0.25) is 0 Å². The van der Waals surface area contributed by atoms with Crippen LogP contribution in [0.3, 0.4) is 0 Å². The number of hydrogen-bond acceptors (Lipinski definition) is 3. The molecule has 104 valence electrons. The fourth-order valence-corrected chi connectivity index (χ4v) is 2.52. The molecule has 0 amide bonds. The third-order valence-electron chi connectivity index (χ3n) is 2.89. The van der Waals surface area contributed by atoms with E-state index in [2.05, 4.69) is 5.32 Å². The van der Waals surface area contributed by atoms with Gasteiger partial charge in [0.05, 0.1) is 11.3 Å². The van der Waals surface area contributed by atoms with Gasteiger partial charge in [0.15, 0.2) is 0 Å². The highest BCUT2D eigenvalue weighted by Gasteiger charge is 2.15. The Morgan fingerprint density at radius 3 is 2.65 bits per heavy atom. The molecule has 0 bridgehead atoms. The summed E-state index contributed by atoms with van der Waals surface area (Å²) >= 11 is 1.37. The second kappa shape index (κ2) is 6.43. The van der Waals surface area contributed by atoms with Crippen molar-refractivity contribution in [2.24, 2.45) is 0 Å². The molecule has 0 heterocycles. The fraction of sp³-hybridized carbons (Fsp3) is 0.133. The van der Waals surface area contributed by atoms with Gasteiger partial charge in [-0.2, -0.15) is 0 Å². The molecule has 2 N–H and O–H groups in total. The van der Waals surface area contributed by atoms with Crippen LogP contribution < -0.4 is 5.32 Å². The lowest BCUT2D eigenvalue weighted by molar-refractivity contribution is 0.0694. The van der Waals surface area contributed by atoms with Crippen molar-refractivity contribution >= 4 is 23.4 Å². The molecule has 0 radical (unpaired) electrons. The third kappa shape index (κ3) is 3.11. The lowest BCUT2D eigenvalue weighted by Crippen LogP contribution is -2.08. The molecule has 3 nitrogen and oxygen atoms in total. The van der Waals surface area contributed by atoms with E-state index in [0.29, 0.717) is 16.1 Å². The summed E-state index contributed by atoms with van der Waals surface area (Å²) in [6.45, 7) is 0.241. The van der Waals surface area contributed by atoms with E-state index in [-0.39, 0.29) is 17.9 Å². The molecule has 0 saturated heterocycles. The molecule has 0 spiro atoms. The predicted molar refractivity (Wildman–Crippen MR) is 78.9 cm³/mol. The second-order valence-corrected chi connectivity index (χ2v) is 4.98. The SMILES string of the molecule is CSc1cccc(NCc2ccccc2F)c1C(=O)O. The Labute approximate surface area is 120 Å². The number of benzene rings is 2. The summed E-state index contributed by atoms with van der Waals surface area (Å²) < 4.78 is 13.5. The smallest absolute Gasteiger partial charge is 0.338 e. The molecule has 0 saturated carbocycles. The zero-order valence-electron chi connectivity index (χ0n) is 10.9. The average Bonchev–Trinajstić information content (AvgIpc) is 2.45. The number of carboxylic acids is 1. The molecule has 0 aliphatic rings. The van der Waals surface area contributed by atoms with Crippen molar-refractivity contribution in [3.05, 3.63) is 59.4 Å². The van der Waals surface area contributed by atoms with Crippen LogP contribution >= 0.6 is 11.8 Å². The molecule has 2 rings (SSSR count). The standard InChI is InChI=1S/C15H14FNO2S/c1-20-13-8-4-7-12(14(13)15(18)19)17-9-10-5-2-3-6-11(10)16/h2-8,17H,9H2,1H3,(H,18,19). The maximum absolute atomic E-state index is 13.5. The van der Waals surface area contributed by atoms with Gasteiger partial charge in [-0.05, 0) is 24.5 Å². The number of carboxylic acid groups (broad SMARTS) is 1. The highest BCUT2D eigenvalue weighted by molar-refractivity contribution is 7.98. The van der Waals surface area contributed by atoms with Crippen molar-refractivity contribution in [1.29, 1.82) is 0 Å². The van der Waals surface area contributed by atoms with Gasteiger partial charge < -0.3 is 10.4 Å². The van der Waals surface area contributed by atoms with Gasteiger partial charge >= 0.3 is 5.97 Å². The number of halogens is 1. The van der Waals surface area contributed by atoms with Crippen LogP contribution in [0.4, 0.5) is 10.1 Å². The Morgan fingerprint density at radius 2 is 2.00 bits per heavy atom. The minimum atomic E-state index is -0.994. The molecule has 2 aromatic carbocycles. The van der Waals surface area contributed by atoms with Crippen LogP contribution in [0.2, 0.25) is 0 Å². The maximum atomic E-state index is 13.5. The van der Waals surface area contributed by atoms with Gasteiger partial charge in [0, 0.05) is 17.0 Å². The van der Waals surface area contributed by atoms with Crippen molar-refractivity contribution in [1.82, 2.24) is 0 Å². The lowest BCUT2D eigenvalue weighted by Gasteiger charge is -2.12. The van der Waals surface area contributed by atoms with Gasteiger partial charge in [-0.1, -0.05) is 24.3 Å². The zero-order chi connectivity index (χ0) is 14.5. The van der Waals surface area contributed by atoms with Crippen LogP contribution in [-0.2, 0) is 6.54 Å². The Kier molecular flexibility index (Phi) is 4.63. The summed E-state index contributed by atoms with van der Waals surface area (Å²) in [6, 6.07) is 11.6. The predicted octanol–water partition coefficient (Wildman–Crippen LogP) is 3.86. The van der Waals surface area contributed by atoms with E-state index >= 15 is 0 Å². The zero-order valence-corrected chi connectivity index (χ0v) is 11.7. The molecule has 2 aromatic rings. The second-order valence-electron chi connectivity index (χ2n) is 4.13. The Bertz CT molecular complexity index is 631. The largest absolute Gasteiger partial charge is 0.478 e. The molecule has 0 unspecified atom stereocenters. The first kappa shape index (κ1) is 14.4. The summed E-state index contributed by atoms with van der Waals surface area (Å²) in [5.41, 5.74) is 1.21. The van der Waals surface area contributed by atoms with E-state index in [9.17, 15) is 14.3 Å². The van der Waals surface area contributed by atoms with Crippen LogP contribution in [0.5, 0.6) is 0 Å². The minimum Gasteiger partial charge on any atom is -0.478 e. The number of carbonyl (C=O) groups is 1. The highest BCUT2D eigenvalue weighted by atomic mass is 32.2. The van der Waals surface area contributed by atoms with E-state index in [1.807, 2.05) is 6.26 Å². The van der Waals surface area contributed by atoms with Gasteiger partial charge in [-0.15, -0.1) is 11.8 Å². The molecule has 5 heteroatoms. The van der Waals surface area contributed by atoms with Crippen molar-refractivity contribution < 1.29 is 14.3 Å². The molecule has 0 aromatic heterocycles. The molecule has 0 aliphatic carbocycles. The molecule has 0 atom stereocenters. The van der Waals surface area contributed by atoms with E-state index in [1.54, 1.807) is 36.4 Å². The quantitative estimate of drug-likeness (QED) is 0.821. The van der Waals surface area contributed by atoms with Crippen molar-refractivity contribution in [3.8, 4) is 0 Å². The summed E-state index contributed by atoms with van der Waals surface area (Å²) in [6.07, 6.45) is 1.82. The van der Waals surface area contributed by atoms with Crippen LogP contribution in [0.25, 0.3) is 0 Å². The van der Waals surface area contributed by atoms with Gasteiger partial charge in [0.25, 0.3) is 0 Å². The van der Waals surface area contributed by atoms with E-state index in [0.717, 1.165) is 0 Å². The summed E-state index contributed by atoms with van der Waals surface area (Å²) in [4.78, 5) is 12.0. The normalized spacial score (nSPS) is 10.3. The number of nitrogens with one attached hydrogen (secondary N) is 1. The fourth-order valence-electron chi connectivity index (χ4n) is 1.90. The minimum absolute atomic E-state index is 0.219. The number of hydrogen-bond donors (Lipinski definition) is 2. The number of rotatable bonds is 5. The first-order valence-electron chi connectivity index (χ1n) is 6.01. The van der Waals surface area contributed by atoms with Crippen LogP contribution in [0, 0.1) is 5.82 Å². The molecular weight excluding hydrogens is 277 g/mol. The molecule has 0 aliphatic heterocycles. The van der Waals surface area contributed by atoms with Gasteiger partial charge in [0.2, 0.25) is 0 Å². The number of aromatic carboxylic acids is 1. The summed E-state index contributed by atoms with van der Waals surface area (Å²) in [7, 11) is 0. The molecule has 20 heavy (non-hydrogen) atoms. The summed E-state index contributed by atoms with van der Waals surface area (Å²) in [5.74, 6) is -1.30. The van der Waals surface area contributed by atoms with Gasteiger partial charge in [-0.25, -0.2) is 9.18 Å². The lowest BCUT2D eigenvalue weighted by atomic mass is 10.1. The third-order valence-corrected chi connectivity index (χ3v) is 3.67. The number of thioether (sulfide) groups is 1. The monoisotopic (exact) mass is 291 g/mol. The highest BCUT2D eigenvalue weighted by Crippen LogP contribution is 2.27. The van der Waals surface area contributed by atoms with Crippen LogP contribution in [0.1, 0.15) is 15.9 Å². The van der Waals surface area contributed by atoms with Gasteiger partial charge in [0.1, 0.15) is 5.82 Å². The van der Waals surface area contributed by atoms with Crippen LogP contribution in [0.15, 0.2) is 47.4 Å². The van der Waals surface area contributed by atoms with Crippen molar-refractivity contribution in [2.45, 2.75) is 11.4 Å². The Hall–Kier alpha value is -2.01. The first-order chi connectivity index (χ1) is 9.63. The van der Waals surface area contributed by atoms with Crippen LogP contribution in [-0.4, -0.2) is 17.3 Å². The number of anilines is 1. The Balaban J connectivity index is 2.26. The summed E-state index contributed by atoms with van der Waals surface area (Å²) in [5, 5.41) is 12.3. The molecular formula is C15H14FNO2S. The molecule has 0 fully saturated rings. The average molecular weight is 291 g/mol. The van der Waals surface area contributed by atoms with E-state index in [4.69, 9.17) is 0 Å². The first-order valence-corrected chi connectivity index (χ1v) is 7.23. The Morgan fingerprint density at radius 1 is 1.25 bits per heavy atom. The topological polar surface area (TPSA) is 49.3 Å². The van der Waals surface area contributed by atoms with E-state index < -0.39 is 5.97 Å². The van der Waals surface area contributed by atoms with Crippen molar-refractivity contribution in [2.75, 3.05) is 11.6 Å². The maximum Gasteiger partial charge on any atom is 0.338 e.